The van der Waals surface area contributed by atoms with Crippen LogP contribution in [0.4, 0.5) is 5.69 Å². The third kappa shape index (κ3) is 14.5. The zero-order valence-corrected chi connectivity index (χ0v) is 18.0. The van der Waals surface area contributed by atoms with Crippen LogP contribution in [0, 0.1) is 0 Å². The Morgan fingerprint density at radius 2 is 1.15 bits per heavy atom. The zero-order chi connectivity index (χ0) is 18.9. The smallest absolute Gasteiger partial charge is 0.335 e. The van der Waals surface area contributed by atoms with Gasteiger partial charge in [0.2, 0.25) is 0 Å². The Morgan fingerprint density at radius 1 is 0.741 bits per heavy atom. The van der Waals surface area contributed by atoms with Gasteiger partial charge in [0.15, 0.2) is 0 Å². The molecule has 0 atom stereocenters. The van der Waals surface area contributed by atoms with E-state index in [2.05, 4.69) is 12.2 Å². The molecule has 0 aliphatic carbocycles. The molecule has 3 nitrogen and oxygen atoms in total. The van der Waals surface area contributed by atoms with Crippen molar-refractivity contribution in [1.29, 1.82) is 0 Å². The first-order chi connectivity index (χ1) is 12.7. The summed E-state index contributed by atoms with van der Waals surface area (Å²) in [5.41, 5.74) is 1.34. The van der Waals surface area contributed by atoms with E-state index in [1.807, 2.05) is 12.1 Å². The van der Waals surface area contributed by atoms with E-state index in [9.17, 15) is 4.79 Å². The molecule has 0 spiro atoms. The van der Waals surface area contributed by atoms with Gasteiger partial charge in [0, 0.05) is 12.2 Å². The SMILES string of the molecule is CCCCCCCCCCCCCCCCNc1ccc(C(=O)O)cc1.Cl. The van der Waals surface area contributed by atoms with Crippen molar-refractivity contribution in [2.45, 2.75) is 96.8 Å². The van der Waals surface area contributed by atoms with Crippen molar-refractivity contribution >= 4 is 24.1 Å². The van der Waals surface area contributed by atoms with E-state index in [0.29, 0.717) is 5.56 Å². The number of hydrogen-bond donors (Lipinski definition) is 2. The number of halogens is 1. The van der Waals surface area contributed by atoms with Gasteiger partial charge >= 0.3 is 5.97 Å². The van der Waals surface area contributed by atoms with Gasteiger partial charge in [-0.15, -0.1) is 12.4 Å². The molecule has 0 heterocycles. The molecule has 0 amide bonds. The van der Waals surface area contributed by atoms with E-state index in [0.717, 1.165) is 12.2 Å². The highest BCUT2D eigenvalue weighted by Crippen LogP contribution is 2.13. The van der Waals surface area contributed by atoms with Crippen molar-refractivity contribution in [3.8, 4) is 0 Å². The molecule has 1 rings (SSSR count). The summed E-state index contributed by atoms with van der Waals surface area (Å²) in [4.78, 5) is 10.8. The lowest BCUT2D eigenvalue weighted by Crippen LogP contribution is -2.02. The number of anilines is 1. The lowest BCUT2D eigenvalue weighted by molar-refractivity contribution is 0.0697. The fourth-order valence-electron chi connectivity index (χ4n) is 3.28. The molecule has 1 aromatic rings. The standard InChI is InChI=1S/C23H39NO2.ClH/c1-2-3-4-5-6-7-8-9-10-11-12-13-14-15-20-24-22-18-16-21(17-19-22)23(25)26;/h16-19,24H,2-15,20H2,1H3,(H,25,26);1H. The van der Waals surface area contributed by atoms with Gasteiger partial charge in [-0.2, -0.15) is 0 Å². The van der Waals surface area contributed by atoms with Gasteiger partial charge in [-0.3, -0.25) is 0 Å². The van der Waals surface area contributed by atoms with Crippen LogP contribution < -0.4 is 5.32 Å². The summed E-state index contributed by atoms with van der Waals surface area (Å²) in [7, 11) is 0. The van der Waals surface area contributed by atoms with Crippen LogP contribution in [0.2, 0.25) is 0 Å². The predicted molar refractivity (Wildman–Crippen MR) is 119 cm³/mol. The van der Waals surface area contributed by atoms with Gasteiger partial charge in [-0.05, 0) is 30.7 Å². The maximum atomic E-state index is 10.8. The minimum Gasteiger partial charge on any atom is -0.478 e. The van der Waals surface area contributed by atoms with E-state index in [-0.39, 0.29) is 12.4 Å². The monoisotopic (exact) mass is 397 g/mol. The van der Waals surface area contributed by atoms with E-state index < -0.39 is 5.97 Å². The van der Waals surface area contributed by atoms with Crippen molar-refractivity contribution in [2.75, 3.05) is 11.9 Å². The largest absolute Gasteiger partial charge is 0.478 e. The summed E-state index contributed by atoms with van der Waals surface area (Å²) in [6, 6.07) is 6.98. The molecular weight excluding hydrogens is 358 g/mol. The minimum absolute atomic E-state index is 0. The number of benzene rings is 1. The average molecular weight is 398 g/mol. The van der Waals surface area contributed by atoms with Crippen molar-refractivity contribution in [1.82, 2.24) is 0 Å². The normalized spacial score (nSPS) is 10.4. The van der Waals surface area contributed by atoms with Crippen molar-refractivity contribution < 1.29 is 9.90 Å². The molecule has 2 N–H and O–H groups in total. The van der Waals surface area contributed by atoms with Gasteiger partial charge in [-0.1, -0.05) is 90.4 Å². The van der Waals surface area contributed by atoms with Crippen molar-refractivity contribution in [3.63, 3.8) is 0 Å². The summed E-state index contributed by atoms with van der Waals surface area (Å²) in [5, 5.41) is 12.2. The molecule has 0 aliphatic heterocycles. The van der Waals surface area contributed by atoms with Crippen LogP contribution in [0.3, 0.4) is 0 Å². The van der Waals surface area contributed by atoms with Gasteiger partial charge in [0.25, 0.3) is 0 Å². The molecule has 0 radical (unpaired) electrons. The Kier molecular flexibility index (Phi) is 17.3. The molecule has 0 unspecified atom stereocenters. The Labute approximate surface area is 172 Å². The van der Waals surface area contributed by atoms with Crippen LogP contribution in [0.1, 0.15) is 107 Å². The number of nitrogens with one attached hydrogen (secondary N) is 1. The second-order valence-corrected chi connectivity index (χ2v) is 7.41. The minimum atomic E-state index is -0.872. The maximum Gasteiger partial charge on any atom is 0.335 e. The number of carboxylic acids is 1. The predicted octanol–water partition coefficient (Wildman–Crippen LogP) is 7.70. The number of hydrogen-bond acceptors (Lipinski definition) is 2. The molecule has 27 heavy (non-hydrogen) atoms. The Hall–Kier alpha value is -1.22. The van der Waals surface area contributed by atoms with Crippen LogP contribution in [-0.2, 0) is 0 Å². The van der Waals surface area contributed by atoms with E-state index in [1.165, 1.54) is 89.9 Å². The summed E-state index contributed by atoms with van der Waals surface area (Å²) in [6.45, 7) is 3.24. The highest BCUT2D eigenvalue weighted by molar-refractivity contribution is 5.88. The average Bonchev–Trinajstić information content (AvgIpc) is 2.65. The van der Waals surface area contributed by atoms with Crippen molar-refractivity contribution in [3.05, 3.63) is 29.8 Å². The van der Waals surface area contributed by atoms with E-state index >= 15 is 0 Å². The third-order valence-corrected chi connectivity index (χ3v) is 4.99. The zero-order valence-electron chi connectivity index (χ0n) is 17.2. The highest BCUT2D eigenvalue weighted by atomic mass is 35.5. The lowest BCUT2D eigenvalue weighted by atomic mass is 10.0. The van der Waals surface area contributed by atoms with Gasteiger partial charge < -0.3 is 10.4 Å². The first kappa shape index (κ1) is 25.8. The van der Waals surface area contributed by atoms with Gasteiger partial charge in [0.1, 0.15) is 0 Å². The van der Waals surface area contributed by atoms with Crippen LogP contribution in [0.15, 0.2) is 24.3 Å². The van der Waals surface area contributed by atoms with Gasteiger partial charge in [-0.25, -0.2) is 4.79 Å². The molecule has 0 saturated heterocycles. The molecule has 0 saturated carbocycles. The van der Waals surface area contributed by atoms with Crippen LogP contribution >= 0.6 is 12.4 Å². The molecule has 0 aromatic heterocycles. The maximum absolute atomic E-state index is 10.8. The summed E-state index contributed by atoms with van der Waals surface area (Å²) >= 11 is 0. The first-order valence-electron chi connectivity index (χ1n) is 10.8. The molecule has 0 aliphatic rings. The fraction of sp³-hybridized carbons (Fsp3) is 0.696. The van der Waals surface area contributed by atoms with Crippen LogP contribution in [-0.4, -0.2) is 17.6 Å². The first-order valence-corrected chi connectivity index (χ1v) is 10.8. The number of aromatic carboxylic acids is 1. The number of rotatable bonds is 17. The molecule has 1 aromatic carbocycles. The van der Waals surface area contributed by atoms with Crippen LogP contribution in [0.25, 0.3) is 0 Å². The Bertz CT molecular complexity index is 462. The molecular formula is C23H40ClNO2. The number of carbonyl (C=O) groups is 1. The Morgan fingerprint density at radius 3 is 1.56 bits per heavy atom. The topological polar surface area (TPSA) is 49.3 Å². The highest BCUT2D eigenvalue weighted by Gasteiger charge is 2.01. The quantitative estimate of drug-likeness (QED) is 0.265. The number of carboxylic acid groups (broad SMARTS) is 1. The summed E-state index contributed by atoms with van der Waals surface area (Å²) in [6.07, 6.45) is 19.3. The van der Waals surface area contributed by atoms with E-state index in [1.54, 1.807) is 12.1 Å². The molecule has 0 fully saturated rings. The van der Waals surface area contributed by atoms with E-state index in [4.69, 9.17) is 5.11 Å². The third-order valence-electron chi connectivity index (χ3n) is 4.99. The molecule has 4 heteroatoms. The summed E-state index contributed by atoms with van der Waals surface area (Å²) < 4.78 is 0. The van der Waals surface area contributed by atoms with Crippen molar-refractivity contribution in [2.24, 2.45) is 0 Å². The molecule has 0 bridgehead atoms. The number of unbranched alkanes of at least 4 members (excludes halogenated alkanes) is 13. The van der Waals surface area contributed by atoms with Gasteiger partial charge in [0.05, 0.1) is 5.56 Å². The Balaban J connectivity index is 0.00000676. The second kappa shape index (κ2) is 18.2. The van der Waals surface area contributed by atoms with Crippen LogP contribution in [0.5, 0.6) is 0 Å². The summed E-state index contributed by atoms with van der Waals surface area (Å²) in [5.74, 6) is -0.872. The fourth-order valence-corrected chi connectivity index (χ4v) is 3.28. The second-order valence-electron chi connectivity index (χ2n) is 7.41. The lowest BCUT2D eigenvalue weighted by Gasteiger charge is -2.07. The molecule has 156 valence electrons.